The highest BCUT2D eigenvalue weighted by molar-refractivity contribution is 7.90. The van der Waals surface area contributed by atoms with Gasteiger partial charge < -0.3 is 0 Å². The van der Waals surface area contributed by atoms with Crippen molar-refractivity contribution in [2.45, 2.75) is 25.6 Å². The van der Waals surface area contributed by atoms with Crippen molar-refractivity contribution in [3.8, 4) is 0 Å². The Bertz CT molecular complexity index is 509. The minimum Gasteiger partial charge on any atom is -0.289 e. The van der Waals surface area contributed by atoms with Crippen LogP contribution in [-0.4, -0.2) is 24.0 Å². The Morgan fingerprint density at radius 2 is 2.21 bits per heavy atom. The molecule has 14 heavy (non-hydrogen) atoms. The molecule has 1 N–H and O–H groups in total. The zero-order valence-corrected chi connectivity index (χ0v) is 8.73. The Morgan fingerprint density at radius 1 is 1.50 bits per heavy atom. The van der Waals surface area contributed by atoms with E-state index >= 15 is 0 Å². The molecule has 1 aromatic rings. The van der Waals surface area contributed by atoms with Crippen molar-refractivity contribution < 1.29 is 8.42 Å². The molecule has 1 aliphatic rings. The molecule has 0 aliphatic carbocycles. The zero-order valence-electron chi connectivity index (χ0n) is 7.91. The molecule has 0 amide bonds. The van der Waals surface area contributed by atoms with Crippen LogP contribution in [0.2, 0.25) is 0 Å². The first kappa shape index (κ1) is 9.51. The van der Waals surface area contributed by atoms with Gasteiger partial charge in [-0.15, -0.1) is 0 Å². The Hall–Kier alpha value is -1.04. The number of fused-ring (bicyclic) bond motifs is 1. The van der Waals surface area contributed by atoms with Gasteiger partial charge in [-0.1, -0.05) is 0 Å². The van der Waals surface area contributed by atoms with Crippen LogP contribution < -0.4 is 5.56 Å². The van der Waals surface area contributed by atoms with Crippen molar-refractivity contribution >= 4 is 9.84 Å². The van der Waals surface area contributed by atoms with Gasteiger partial charge >= 0.3 is 0 Å². The number of aromatic nitrogens is 2. The van der Waals surface area contributed by atoms with Gasteiger partial charge in [-0.25, -0.2) is 8.42 Å². The molecule has 0 atom stereocenters. The number of H-pyrrole nitrogens is 1. The summed E-state index contributed by atoms with van der Waals surface area (Å²) in [5, 5.41) is 2.64. The van der Waals surface area contributed by atoms with Crippen LogP contribution in [0.4, 0.5) is 0 Å². The lowest BCUT2D eigenvalue weighted by molar-refractivity contribution is 0.583. The molecule has 0 spiro atoms. The van der Waals surface area contributed by atoms with Crippen molar-refractivity contribution in [1.29, 1.82) is 0 Å². The fourth-order valence-corrected chi connectivity index (χ4v) is 3.19. The molecule has 0 unspecified atom stereocenters. The molecule has 78 valence electrons. The van der Waals surface area contributed by atoms with Crippen molar-refractivity contribution in [1.82, 2.24) is 9.78 Å². The van der Waals surface area contributed by atoms with Crippen LogP contribution in [0.25, 0.3) is 0 Å². The van der Waals surface area contributed by atoms with E-state index in [9.17, 15) is 13.2 Å². The van der Waals surface area contributed by atoms with Crippen LogP contribution >= 0.6 is 0 Å². The highest BCUT2D eigenvalue weighted by Gasteiger charge is 2.26. The summed E-state index contributed by atoms with van der Waals surface area (Å²) in [6, 6.07) is 0. The Kier molecular flexibility index (Phi) is 2.02. The Labute approximate surface area is 81.6 Å². The number of hydrogen-bond donors (Lipinski definition) is 1. The summed E-state index contributed by atoms with van der Waals surface area (Å²) in [7, 11) is -3.05. The number of aromatic amines is 1. The van der Waals surface area contributed by atoms with E-state index in [4.69, 9.17) is 0 Å². The molecule has 0 fully saturated rings. The van der Waals surface area contributed by atoms with Gasteiger partial charge in [0.25, 0.3) is 5.56 Å². The number of hydrogen-bond acceptors (Lipinski definition) is 3. The molecule has 2 heterocycles. The zero-order chi connectivity index (χ0) is 10.3. The maximum atomic E-state index is 11.4. The van der Waals surface area contributed by atoms with Gasteiger partial charge in [-0.2, -0.15) is 0 Å². The minimum atomic E-state index is -3.05. The summed E-state index contributed by atoms with van der Waals surface area (Å²) in [4.78, 5) is 11.4. The normalized spacial score (nSPS) is 19.2. The third-order valence-corrected chi connectivity index (χ3v) is 4.07. The predicted octanol–water partition coefficient (Wildman–Crippen LogP) is -0.333. The number of nitrogens with zero attached hydrogens (tertiary/aromatic N) is 1. The van der Waals surface area contributed by atoms with Gasteiger partial charge in [0.1, 0.15) is 0 Å². The van der Waals surface area contributed by atoms with Crippen LogP contribution in [0.15, 0.2) is 4.79 Å². The monoisotopic (exact) mass is 216 g/mol. The molecular weight excluding hydrogens is 204 g/mol. The maximum Gasteiger partial charge on any atom is 0.268 e. The lowest BCUT2D eigenvalue weighted by Gasteiger charge is -2.13. The summed E-state index contributed by atoms with van der Waals surface area (Å²) in [5.41, 5.74) is 1.02. The molecule has 0 aromatic carbocycles. The molecule has 0 saturated carbocycles. The summed E-state index contributed by atoms with van der Waals surface area (Å²) >= 11 is 0. The molecule has 0 saturated heterocycles. The van der Waals surface area contributed by atoms with Gasteiger partial charge in [-0.3, -0.25) is 14.6 Å². The fourth-order valence-electron chi connectivity index (χ4n) is 1.80. The van der Waals surface area contributed by atoms with Crippen molar-refractivity contribution in [3.63, 3.8) is 0 Å². The summed E-state index contributed by atoms with van der Waals surface area (Å²) in [6.07, 6.45) is 0.449. The van der Waals surface area contributed by atoms with Gasteiger partial charge in [0.05, 0.1) is 17.1 Å². The maximum absolute atomic E-state index is 11.4. The lowest BCUT2D eigenvalue weighted by atomic mass is 10.2. The molecule has 1 aromatic heterocycles. The first-order chi connectivity index (χ1) is 6.53. The molecular formula is C8H12N2O3S. The van der Waals surface area contributed by atoms with E-state index in [1.54, 1.807) is 4.68 Å². The average Bonchev–Trinajstić information content (AvgIpc) is 2.41. The van der Waals surface area contributed by atoms with Crippen molar-refractivity contribution in [2.24, 2.45) is 0 Å². The van der Waals surface area contributed by atoms with Crippen LogP contribution in [0.5, 0.6) is 0 Å². The van der Waals surface area contributed by atoms with Gasteiger partial charge in [0, 0.05) is 18.7 Å². The van der Waals surface area contributed by atoms with E-state index in [0.29, 0.717) is 18.5 Å². The second-order valence-corrected chi connectivity index (χ2v) is 5.64. The van der Waals surface area contributed by atoms with Gasteiger partial charge in [0.15, 0.2) is 9.84 Å². The lowest BCUT2D eigenvalue weighted by Crippen LogP contribution is -2.22. The van der Waals surface area contributed by atoms with E-state index in [1.807, 2.05) is 6.92 Å². The van der Waals surface area contributed by atoms with Crippen molar-refractivity contribution in [2.75, 3.05) is 5.75 Å². The van der Waals surface area contributed by atoms with E-state index in [-0.39, 0.29) is 17.1 Å². The number of sulfone groups is 1. The molecule has 1 aliphatic heterocycles. The third-order valence-electron chi connectivity index (χ3n) is 2.52. The highest BCUT2D eigenvalue weighted by atomic mass is 32.2. The summed E-state index contributed by atoms with van der Waals surface area (Å²) < 4.78 is 24.3. The standard InChI is InChI=1S/C8H12N2O3S/c1-2-10-7-3-4-14(12,13)5-6(7)8(11)9-10/h2-5H2,1H3,(H,9,11). The molecule has 0 bridgehead atoms. The van der Waals surface area contributed by atoms with Crippen LogP contribution in [-0.2, 0) is 28.6 Å². The first-order valence-electron chi connectivity index (χ1n) is 4.54. The Balaban J connectivity index is 2.59. The summed E-state index contributed by atoms with van der Waals surface area (Å²) in [6.45, 7) is 2.59. The number of aryl methyl sites for hydroxylation is 1. The second kappa shape index (κ2) is 2.98. The third kappa shape index (κ3) is 1.39. The van der Waals surface area contributed by atoms with E-state index in [1.165, 1.54) is 0 Å². The predicted molar refractivity (Wildman–Crippen MR) is 51.9 cm³/mol. The van der Waals surface area contributed by atoms with E-state index in [0.717, 1.165) is 5.69 Å². The average molecular weight is 216 g/mol. The molecule has 0 radical (unpaired) electrons. The van der Waals surface area contributed by atoms with Gasteiger partial charge in [-0.05, 0) is 6.92 Å². The molecule has 2 rings (SSSR count). The quantitative estimate of drug-likeness (QED) is 0.698. The largest absolute Gasteiger partial charge is 0.289 e. The SMILES string of the molecule is CCn1[nH]c(=O)c2c1CCS(=O)(=O)C2. The topological polar surface area (TPSA) is 71.9 Å². The van der Waals surface area contributed by atoms with E-state index in [2.05, 4.69) is 5.10 Å². The Morgan fingerprint density at radius 3 is 2.86 bits per heavy atom. The number of rotatable bonds is 1. The second-order valence-electron chi connectivity index (χ2n) is 3.45. The van der Waals surface area contributed by atoms with Crippen LogP contribution in [0.1, 0.15) is 18.2 Å². The fraction of sp³-hybridized carbons (Fsp3) is 0.625. The minimum absolute atomic E-state index is 0.106. The van der Waals surface area contributed by atoms with Crippen molar-refractivity contribution in [3.05, 3.63) is 21.6 Å². The molecule has 5 nitrogen and oxygen atoms in total. The smallest absolute Gasteiger partial charge is 0.268 e. The summed E-state index contributed by atoms with van der Waals surface area (Å²) in [5.74, 6) is 0.0436. The van der Waals surface area contributed by atoms with E-state index < -0.39 is 9.84 Å². The van der Waals surface area contributed by atoms with Crippen LogP contribution in [0, 0.1) is 0 Å². The van der Waals surface area contributed by atoms with Gasteiger partial charge in [0.2, 0.25) is 0 Å². The van der Waals surface area contributed by atoms with Crippen LogP contribution in [0.3, 0.4) is 0 Å². The highest BCUT2D eigenvalue weighted by Crippen LogP contribution is 2.16. The number of nitrogens with one attached hydrogen (secondary N) is 1. The molecule has 6 heteroatoms. The first-order valence-corrected chi connectivity index (χ1v) is 6.36.